The summed E-state index contributed by atoms with van der Waals surface area (Å²) in [5.74, 6) is -21.0. The highest BCUT2D eigenvalue weighted by Gasteiger charge is 2.40. The van der Waals surface area contributed by atoms with Crippen molar-refractivity contribution in [3.63, 3.8) is 0 Å². The largest absolute Gasteiger partial charge is 0.481 e. The Morgan fingerprint density at radius 3 is 1.09 bits per heavy atom. The highest BCUT2D eigenvalue weighted by Crippen LogP contribution is 2.35. The molecule has 141 heavy (non-hydrogen) atoms. The van der Waals surface area contributed by atoms with Gasteiger partial charge >= 0.3 is 65.7 Å². The summed E-state index contributed by atoms with van der Waals surface area (Å²) in [5, 5.41) is 92.9. The van der Waals surface area contributed by atoms with E-state index in [4.69, 9.17) is 83.9 Å². The number of carboxylic acid groups (broad SMARTS) is 7. The number of carbonyl (C=O) groups is 15. The number of thiophene rings is 4. The maximum absolute atomic E-state index is 14.2. The maximum Gasteiger partial charge on any atom is 0.353 e. The van der Waals surface area contributed by atoms with Crippen LogP contribution in [-0.4, -0.2) is 247 Å². The van der Waals surface area contributed by atoms with Crippen molar-refractivity contribution < 1.29 is 144 Å². The number of Topliss-reactive ketones (excluding diaryl/α,β-unsaturated/α-hetero) is 3. The Labute approximate surface area is 826 Å². The number of ether oxygens (including phenoxy) is 4. The zero-order valence-corrected chi connectivity index (χ0v) is 80.4. The minimum absolute atomic E-state index is 0.138. The molecule has 3 aliphatic rings. The van der Waals surface area contributed by atoms with Gasteiger partial charge in [0.25, 0.3) is 0 Å². The zero-order valence-electron chi connectivity index (χ0n) is 75.5. The van der Waals surface area contributed by atoms with E-state index in [0.717, 1.165) is 85.7 Å². The Balaban J connectivity index is 0.000000230. The van der Waals surface area contributed by atoms with Crippen LogP contribution < -0.4 is 41.9 Å². The number of halogens is 4. The van der Waals surface area contributed by atoms with E-state index in [-0.39, 0.29) is 143 Å². The van der Waals surface area contributed by atoms with E-state index >= 15 is 0 Å². The molecular formula is C92H99F4N13O26S6. The van der Waals surface area contributed by atoms with Gasteiger partial charge in [-0.1, -0.05) is 26.3 Å². The lowest BCUT2D eigenvalue weighted by Crippen LogP contribution is -2.48. The molecule has 39 nitrogen and oxygen atoms in total. The summed E-state index contributed by atoms with van der Waals surface area (Å²) in [4.78, 5) is 192. The van der Waals surface area contributed by atoms with Gasteiger partial charge in [0.2, 0.25) is 5.91 Å². The van der Waals surface area contributed by atoms with Gasteiger partial charge in [-0.25, -0.2) is 36.7 Å². The number of aliphatic carboxylic acids is 7. The number of hydrogen-bond donors (Lipinski definition) is 15. The second-order valence-electron chi connectivity index (χ2n) is 32.3. The molecular weight excluding hydrogens is 1970 g/mol. The lowest BCUT2D eigenvalue weighted by atomic mass is 9.90. The van der Waals surface area contributed by atoms with Crippen LogP contribution in [0.1, 0.15) is 152 Å². The average molecular weight is 2070 g/mol. The lowest BCUT2D eigenvalue weighted by Gasteiger charge is -2.34. The van der Waals surface area contributed by atoms with Crippen LogP contribution in [0.2, 0.25) is 0 Å². The SMILES string of the molecule is C=CCN(CC(=O)O)C(=O)[C@@H]1CSCN1Cc1ccc(C(=O)Oc2ccc(C(=N)N)cc2F)s1.CC(C)[C@@H](C(=O)C[C@@H](CC(=O)O)C(=O)O)N(C)Cc1ccc(C(=O)Oc2ccc(C(=N)N)cc2F)s1.N=C(N)c1ccc(OC(=O)c2ccc(CN3CCCC[C@H]3C(=O)C[C@@H](CC(=O)O)C(=O)O)s2)c(F)c1.N=C(N)c1ccc(OC(=O)c2ccc(CN3CSC[C@H]3C(=O)C[C@@H](CC(=O)O)C(=O)O)s2)c(F)c1. The molecule has 0 unspecified atom stereocenters. The van der Waals surface area contributed by atoms with Crippen LogP contribution in [-0.2, 0) is 78.9 Å². The van der Waals surface area contributed by atoms with Crippen molar-refractivity contribution in [2.75, 3.05) is 49.9 Å². The van der Waals surface area contributed by atoms with Crippen molar-refractivity contribution in [3.8, 4) is 23.0 Å². The van der Waals surface area contributed by atoms with Crippen molar-refractivity contribution in [1.82, 2.24) is 24.5 Å². The molecule has 0 bridgehead atoms. The predicted molar refractivity (Wildman–Crippen MR) is 512 cm³/mol. The lowest BCUT2D eigenvalue weighted by molar-refractivity contribution is -0.150. The van der Waals surface area contributed by atoms with Crippen molar-refractivity contribution >= 4 is 181 Å². The first-order chi connectivity index (χ1) is 66.6. The van der Waals surface area contributed by atoms with E-state index < -0.39 is 163 Å². The Morgan fingerprint density at radius 2 is 0.766 bits per heavy atom. The van der Waals surface area contributed by atoms with Crippen LogP contribution >= 0.6 is 68.9 Å². The first-order valence-corrected chi connectivity index (χ1v) is 48.1. The number of nitrogens with zero attached hydrogens (tertiary/aromatic N) is 5. The molecule has 7 atom stereocenters. The number of ketones is 3. The number of piperidine rings is 1. The van der Waals surface area contributed by atoms with Gasteiger partial charge in [0.05, 0.1) is 61.2 Å². The van der Waals surface area contributed by atoms with Crippen LogP contribution in [0.15, 0.2) is 134 Å². The van der Waals surface area contributed by atoms with Crippen LogP contribution in [0.25, 0.3) is 0 Å². The number of carbonyl (C=O) groups excluding carboxylic acids is 8. The molecule has 752 valence electrons. The molecule has 0 saturated carbocycles. The second-order valence-corrected chi connectivity index (χ2v) is 39.0. The Morgan fingerprint density at radius 1 is 0.440 bits per heavy atom. The molecule has 49 heteroatoms. The number of likely N-dealkylation sites (N-methyl/N-ethyl adjacent to an activating group) is 1. The summed E-state index contributed by atoms with van der Waals surface area (Å²) in [7, 11) is 1.68. The van der Waals surface area contributed by atoms with Gasteiger partial charge in [0.1, 0.15) is 49.4 Å². The van der Waals surface area contributed by atoms with E-state index in [1.54, 1.807) is 67.9 Å². The fourth-order valence-electron chi connectivity index (χ4n) is 14.6. The number of nitrogens with two attached hydrogens (primary N) is 4. The number of nitrogen functional groups attached to an aromatic ring is 4. The minimum Gasteiger partial charge on any atom is -0.481 e. The molecule has 0 radical (unpaired) electrons. The third-order valence-electron chi connectivity index (χ3n) is 21.4. The Bertz CT molecular complexity index is 6070. The number of amidine groups is 4. The summed E-state index contributed by atoms with van der Waals surface area (Å²) in [5.41, 5.74) is 21.9. The second kappa shape index (κ2) is 53.0. The van der Waals surface area contributed by atoms with E-state index in [2.05, 4.69) is 6.58 Å². The molecule has 3 fully saturated rings. The molecule has 7 heterocycles. The van der Waals surface area contributed by atoms with Gasteiger partial charge in [-0.15, -0.1) is 75.4 Å². The van der Waals surface area contributed by atoms with E-state index in [9.17, 15) is 105 Å². The smallest absolute Gasteiger partial charge is 0.353 e. The zero-order chi connectivity index (χ0) is 104. The molecule has 4 aromatic heterocycles. The summed E-state index contributed by atoms with van der Waals surface area (Å²) < 4.78 is 77.2. The molecule has 11 rings (SSSR count). The minimum atomic E-state index is -1.34. The number of benzene rings is 4. The van der Waals surface area contributed by atoms with Crippen LogP contribution in [0.3, 0.4) is 0 Å². The van der Waals surface area contributed by atoms with E-state index in [1.807, 2.05) is 14.7 Å². The van der Waals surface area contributed by atoms with Crippen LogP contribution in [0.4, 0.5) is 17.6 Å². The van der Waals surface area contributed by atoms with Crippen molar-refractivity contribution in [3.05, 3.63) is 219 Å². The van der Waals surface area contributed by atoms with Gasteiger partial charge < -0.3 is 82.5 Å². The molecule has 8 aromatic rings. The highest BCUT2D eigenvalue weighted by molar-refractivity contribution is 7.99. The molecule has 3 saturated heterocycles. The Kier molecular flexibility index (Phi) is 42.3. The Hall–Kier alpha value is -13.8. The quantitative estimate of drug-likeness (QED) is 0.00421. The third-order valence-corrected chi connectivity index (χ3v) is 27.7. The first kappa shape index (κ1) is 112. The number of carboxylic acids is 7. The van der Waals surface area contributed by atoms with E-state index in [0.29, 0.717) is 60.7 Å². The fraction of sp³-hybridized carbons (Fsp3) is 0.337. The average Bonchev–Trinajstić information content (AvgIpc) is 1.69. The van der Waals surface area contributed by atoms with Crippen molar-refractivity contribution in [2.45, 2.75) is 122 Å². The summed E-state index contributed by atoms with van der Waals surface area (Å²) in [6.07, 6.45) is 0.607. The topological polar surface area (TPSA) is 650 Å². The van der Waals surface area contributed by atoms with Crippen molar-refractivity contribution in [2.24, 2.45) is 46.6 Å². The first-order valence-electron chi connectivity index (χ1n) is 42.5. The number of rotatable bonds is 45. The summed E-state index contributed by atoms with van der Waals surface area (Å²) >= 11 is 7.57. The van der Waals surface area contributed by atoms with Gasteiger partial charge in [-0.3, -0.25) is 94.0 Å². The predicted octanol–water partition coefficient (Wildman–Crippen LogP) is 10.6. The molecule has 4 aromatic carbocycles. The number of nitrogens with one attached hydrogen (secondary N) is 4. The summed E-state index contributed by atoms with van der Waals surface area (Å²) in [6.45, 7) is 8.82. The number of likely N-dealkylation sites (tertiary alicyclic amines) is 1. The normalized spacial score (nSPS) is 15.4. The van der Waals surface area contributed by atoms with Gasteiger partial charge in [-0.05, 0) is 154 Å². The van der Waals surface area contributed by atoms with Crippen LogP contribution in [0.5, 0.6) is 23.0 Å². The molecule has 0 spiro atoms. The number of hydrogen-bond acceptors (Lipinski definition) is 33. The van der Waals surface area contributed by atoms with E-state index in [1.165, 1.54) is 101 Å². The number of thioether (sulfide) groups is 2. The van der Waals surface area contributed by atoms with Gasteiger partial charge in [0, 0.05) is 117 Å². The number of esters is 4. The standard InChI is InChI=1S/C24H26FN3O7S.C24H28FN3O7S.C22H23FN4O5S2.C22H22FN3O7S2/c25-16-9-13(22(26)27)4-6-19(16)35-24(34)20-7-5-15(36-20)12-28-8-2-1-3-17(28)18(29)10-14(23(32)33)11-21(30)31;1-12(2)21(17(29)9-14(23(32)33)10-20(30)31)28(3)11-15-5-7-19(36-15)24(34)35-18-6-4-13(22(26)27)8-16(18)25;1-2-7-26(10-19(28)29)21(30)16-11-33-12-27(16)9-14-4-6-18(34-14)22(31)32-17-5-3-13(20(24)25)8-15(17)23;23-14-5-11(20(24)25)1-3-17(14)33-22(32)18-4-2-13(35-18)8-26-10-34-9-15(26)16(27)6-12(21(30)31)7-19(28)29/h4-7,9,14,17H,1-3,8,10-12H2,(H3,26,27)(H,30,31)(H,32,33);4-8,12,14,21H,9-11H2,1-3H3,(H3,26,27)(H,30,31)(H,32,33);2-6,8,16H,1,7,9-12H2,(H3,24,25)(H,28,29);1-5,12,15H,6-10H2,(H3,24,25)(H,28,29)(H,30,31)/t14-,17-;14-,21-;16-;12-,15-/m0000/s1. The monoisotopic (exact) mass is 2070 g/mol. The molecule has 3 aliphatic heterocycles. The van der Waals surface area contributed by atoms with Crippen LogP contribution in [0, 0.1) is 68.6 Å². The van der Waals surface area contributed by atoms with Gasteiger partial charge in [0.15, 0.2) is 63.6 Å². The molecule has 0 aliphatic carbocycles. The summed E-state index contributed by atoms with van der Waals surface area (Å²) in [6, 6.07) is 25.0. The fourth-order valence-corrected chi connectivity index (χ4v) is 20.7. The maximum atomic E-state index is 14.2. The molecule has 1 amide bonds. The van der Waals surface area contributed by atoms with Gasteiger partial charge in [-0.2, -0.15) is 0 Å². The van der Waals surface area contributed by atoms with Crippen molar-refractivity contribution in [1.29, 1.82) is 21.6 Å². The third kappa shape index (κ3) is 33.7. The highest BCUT2D eigenvalue weighted by atomic mass is 32.2. The molecule has 19 N–H and O–H groups in total. The number of amides is 1.